The van der Waals surface area contributed by atoms with E-state index in [4.69, 9.17) is 16.7 Å². The summed E-state index contributed by atoms with van der Waals surface area (Å²) in [6.07, 6.45) is 0. The molecule has 1 amide bonds. The fourth-order valence-electron chi connectivity index (χ4n) is 3.48. The minimum Gasteiger partial charge on any atom is -0.397 e. The largest absolute Gasteiger partial charge is 0.397 e. The maximum absolute atomic E-state index is 13.9. The van der Waals surface area contributed by atoms with Gasteiger partial charge in [-0.1, -0.05) is 49.7 Å². The Balaban J connectivity index is 0.000000714. The summed E-state index contributed by atoms with van der Waals surface area (Å²) >= 11 is 5.98. The number of hydrogen-bond acceptors (Lipinski definition) is 4. The van der Waals surface area contributed by atoms with Gasteiger partial charge in [0, 0.05) is 35.9 Å². The van der Waals surface area contributed by atoms with Gasteiger partial charge in [-0.15, -0.1) is 0 Å². The van der Waals surface area contributed by atoms with E-state index >= 15 is 0 Å². The number of aliphatic hydroxyl groups is 1. The molecule has 33 heavy (non-hydrogen) atoms. The molecule has 1 aliphatic heterocycles. The SMILES string of the molecule is CC.CCO.O=C1c2ccc(F)cc2C(c2ccc(Cl)cc2)N1Cc1ccc([N+](=O)[O-])cc1. The zero-order valence-electron chi connectivity index (χ0n) is 18.7. The maximum Gasteiger partial charge on any atom is 0.269 e. The molecule has 0 spiro atoms. The predicted octanol–water partition coefficient (Wildman–Crippen LogP) is 6.16. The predicted molar refractivity (Wildman–Crippen MR) is 127 cm³/mol. The number of aliphatic hydroxyl groups excluding tert-OH is 1. The number of nitrogens with zero attached hydrogens (tertiary/aromatic N) is 2. The number of hydrogen-bond donors (Lipinski definition) is 1. The number of nitro groups is 1. The Hall–Kier alpha value is -3.29. The van der Waals surface area contributed by atoms with Crippen molar-refractivity contribution in [1.29, 1.82) is 0 Å². The van der Waals surface area contributed by atoms with E-state index < -0.39 is 16.8 Å². The van der Waals surface area contributed by atoms with Crippen LogP contribution in [0.2, 0.25) is 5.02 Å². The zero-order chi connectivity index (χ0) is 24.5. The second-order valence-corrected chi connectivity index (χ2v) is 7.29. The number of halogens is 2. The van der Waals surface area contributed by atoms with Gasteiger partial charge in [-0.3, -0.25) is 14.9 Å². The van der Waals surface area contributed by atoms with Crippen molar-refractivity contribution >= 4 is 23.2 Å². The quantitative estimate of drug-likeness (QED) is 0.364. The van der Waals surface area contributed by atoms with Crippen LogP contribution in [0.1, 0.15) is 53.9 Å². The third-order valence-corrected chi connectivity index (χ3v) is 5.05. The Morgan fingerprint density at radius 2 is 1.64 bits per heavy atom. The topological polar surface area (TPSA) is 83.7 Å². The van der Waals surface area contributed by atoms with Crippen LogP contribution in [0.5, 0.6) is 0 Å². The molecule has 1 heterocycles. The van der Waals surface area contributed by atoms with Gasteiger partial charge in [-0.2, -0.15) is 0 Å². The van der Waals surface area contributed by atoms with Crippen molar-refractivity contribution in [2.24, 2.45) is 0 Å². The summed E-state index contributed by atoms with van der Waals surface area (Å²) in [5, 5.41) is 19.0. The maximum atomic E-state index is 13.9. The summed E-state index contributed by atoms with van der Waals surface area (Å²) in [7, 11) is 0. The molecule has 0 bridgehead atoms. The van der Waals surface area contributed by atoms with E-state index in [-0.39, 0.29) is 24.7 Å². The molecular formula is C25H26ClFN2O4. The molecule has 0 fully saturated rings. The van der Waals surface area contributed by atoms with Crippen LogP contribution in [0.4, 0.5) is 10.1 Å². The second kappa shape index (κ2) is 12.1. The fraction of sp³-hybridized carbons (Fsp3) is 0.240. The van der Waals surface area contributed by atoms with Crippen molar-refractivity contribution in [2.75, 3.05) is 6.61 Å². The molecule has 6 nitrogen and oxygen atoms in total. The van der Waals surface area contributed by atoms with Gasteiger partial charge in [0.25, 0.3) is 11.6 Å². The van der Waals surface area contributed by atoms with Crippen LogP contribution in [-0.2, 0) is 6.54 Å². The summed E-state index contributed by atoms with van der Waals surface area (Å²) in [5.41, 5.74) is 2.57. The summed E-state index contributed by atoms with van der Waals surface area (Å²) < 4.78 is 13.9. The number of rotatable bonds is 4. The molecule has 0 aliphatic carbocycles. The van der Waals surface area contributed by atoms with Crippen LogP contribution < -0.4 is 0 Å². The molecule has 0 saturated heterocycles. The third-order valence-electron chi connectivity index (χ3n) is 4.80. The molecule has 0 radical (unpaired) electrons. The molecule has 174 valence electrons. The van der Waals surface area contributed by atoms with Crippen molar-refractivity contribution in [2.45, 2.75) is 33.4 Å². The first kappa shape index (κ1) is 26.0. The van der Waals surface area contributed by atoms with Gasteiger partial charge in [0.05, 0.1) is 11.0 Å². The second-order valence-electron chi connectivity index (χ2n) is 6.86. The molecule has 8 heteroatoms. The summed E-state index contributed by atoms with van der Waals surface area (Å²) in [6, 6.07) is 16.8. The monoisotopic (exact) mass is 472 g/mol. The Labute approximate surface area is 197 Å². The van der Waals surface area contributed by atoms with Crippen molar-refractivity contribution in [3.63, 3.8) is 0 Å². The Morgan fingerprint density at radius 1 is 1.06 bits per heavy atom. The van der Waals surface area contributed by atoms with Crippen LogP contribution in [0.15, 0.2) is 66.7 Å². The highest BCUT2D eigenvalue weighted by Crippen LogP contribution is 2.40. The number of non-ortho nitro benzene ring substituents is 1. The summed E-state index contributed by atoms with van der Waals surface area (Å²) in [6.45, 7) is 6.17. The minimum absolute atomic E-state index is 0.0175. The van der Waals surface area contributed by atoms with E-state index in [0.717, 1.165) is 11.1 Å². The lowest BCUT2D eigenvalue weighted by Crippen LogP contribution is -2.28. The van der Waals surface area contributed by atoms with Crippen LogP contribution in [0.3, 0.4) is 0 Å². The Morgan fingerprint density at radius 3 is 2.18 bits per heavy atom. The van der Waals surface area contributed by atoms with Crippen molar-refractivity contribution in [3.05, 3.63) is 110 Å². The minimum atomic E-state index is -0.472. The van der Waals surface area contributed by atoms with Gasteiger partial charge in [-0.25, -0.2) is 4.39 Å². The average molecular weight is 473 g/mol. The molecule has 3 aromatic rings. The van der Waals surface area contributed by atoms with E-state index in [1.54, 1.807) is 36.1 Å². The first-order valence-electron chi connectivity index (χ1n) is 10.6. The highest BCUT2D eigenvalue weighted by atomic mass is 35.5. The lowest BCUT2D eigenvalue weighted by atomic mass is 9.97. The van der Waals surface area contributed by atoms with Crippen LogP contribution in [-0.4, -0.2) is 27.4 Å². The normalized spacial score (nSPS) is 13.9. The van der Waals surface area contributed by atoms with E-state index in [0.29, 0.717) is 16.1 Å². The molecule has 1 aliphatic rings. The highest BCUT2D eigenvalue weighted by molar-refractivity contribution is 6.30. The van der Waals surface area contributed by atoms with Gasteiger partial charge >= 0.3 is 0 Å². The van der Waals surface area contributed by atoms with Crippen molar-refractivity contribution < 1.29 is 19.2 Å². The molecule has 3 aromatic carbocycles. The number of benzene rings is 3. The average Bonchev–Trinajstić information content (AvgIpc) is 3.07. The first-order chi connectivity index (χ1) is 15.8. The lowest BCUT2D eigenvalue weighted by molar-refractivity contribution is -0.384. The fourth-order valence-corrected chi connectivity index (χ4v) is 3.61. The van der Waals surface area contributed by atoms with Crippen molar-refractivity contribution in [1.82, 2.24) is 4.90 Å². The number of amides is 1. The van der Waals surface area contributed by atoms with Crippen LogP contribution in [0.25, 0.3) is 0 Å². The van der Waals surface area contributed by atoms with Crippen LogP contribution in [0, 0.1) is 15.9 Å². The van der Waals surface area contributed by atoms with E-state index in [2.05, 4.69) is 0 Å². The van der Waals surface area contributed by atoms with Crippen molar-refractivity contribution in [3.8, 4) is 0 Å². The van der Waals surface area contributed by atoms with Crippen LogP contribution >= 0.6 is 11.6 Å². The molecular weight excluding hydrogens is 447 g/mol. The molecule has 1 unspecified atom stereocenters. The van der Waals surface area contributed by atoms with Gasteiger partial charge in [0.15, 0.2) is 0 Å². The van der Waals surface area contributed by atoms with Gasteiger partial charge < -0.3 is 10.0 Å². The van der Waals surface area contributed by atoms with Gasteiger partial charge in [-0.05, 0) is 53.9 Å². The molecule has 1 atom stereocenters. The number of carbonyl (C=O) groups excluding carboxylic acids is 1. The summed E-state index contributed by atoms with van der Waals surface area (Å²) in [4.78, 5) is 25.0. The Kier molecular flexibility index (Phi) is 9.51. The third kappa shape index (κ3) is 6.15. The smallest absolute Gasteiger partial charge is 0.269 e. The molecule has 1 N–H and O–H groups in total. The lowest BCUT2D eigenvalue weighted by Gasteiger charge is -2.26. The van der Waals surface area contributed by atoms with Gasteiger partial charge in [0.2, 0.25) is 0 Å². The standard InChI is InChI=1S/C21H14ClFN2O3.C2H6O.C2H6/c22-15-5-3-14(4-6-15)20-19-11-16(23)7-10-18(19)21(26)24(20)12-13-1-8-17(9-2-13)25(27)28;1-2-3;1-2/h1-11,20H,12H2;3H,2H2,1H3;1-2H3. The number of nitro benzene ring substituents is 1. The number of fused-ring (bicyclic) bond motifs is 1. The molecule has 0 aromatic heterocycles. The Bertz CT molecular complexity index is 1090. The highest BCUT2D eigenvalue weighted by Gasteiger charge is 2.37. The van der Waals surface area contributed by atoms with Gasteiger partial charge in [0.1, 0.15) is 5.82 Å². The molecule has 4 rings (SSSR count). The summed E-state index contributed by atoms with van der Waals surface area (Å²) in [5.74, 6) is -0.629. The molecule has 0 saturated carbocycles. The van der Waals surface area contributed by atoms with E-state index in [1.807, 2.05) is 26.0 Å². The van der Waals surface area contributed by atoms with E-state index in [9.17, 15) is 19.3 Å². The van der Waals surface area contributed by atoms with E-state index in [1.165, 1.54) is 30.3 Å². The first-order valence-corrected chi connectivity index (χ1v) is 10.9. The number of carbonyl (C=O) groups is 1. The zero-order valence-corrected chi connectivity index (χ0v) is 19.4.